The molecule has 0 saturated heterocycles. The van der Waals surface area contributed by atoms with Crippen molar-refractivity contribution in [3.63, 3.8) is 0 Å². The lowest BCUT2D eigenvalue weighted by molar-refractivity contribution is -0.115. The zero-order valence-corrected chi connectivity index (χ0v) is 11.9. The largest absolute Gasteiger partial charge is 0.337 e. The molecule has 1 aromatic heterocycles. The van der Waals surface area contributed by atoms with Crippen LogP contribution in [0.1, 0.15) is 21.5 Å². The first-order valence-electron chi connectivity index (χ1n) is 6.33. The van der Waals surface area contributed by atoms with E-state index in [9.17, 15) is 9.59 Å². The van der Waals surface area contributed by atoms with Gasteiger partial charge >= 0.3 is 0 Å². The smallest absolute Gasteiger partial charge is 0.253 e. The van der Waals surface area contributed by atoms with Crippen molar-refractivity contribution in [2.24, 2.45) is 0 Å². The number of nitrogens with zero attached hydrogens (tertiary/aromatic N) is 1. The SMILES string of the molecule is CN(Cc1ccsc1)C(=O)c1ccc2c(c1)NC(=O)C2. The van der Waals surface area contributed by atoms with E-state index in [1.165, 1.54) is 0 Å². The zero-order chi connectivity index (χ0) is 14.1. The molecule has 102 valence electrons. The van der Waals surface area contributed by atoms with Gasteiger partial charge in [-0.15, -0.1) is 0 Å². The molecule has 0 unspecified atom stereocenters. The van der Waals surface area contributed by atoms with Gasteiger partial charge in [0.15, 0.2) is 0 Å². The van der Waals surface area contributed by atoms with E-state index in [1.807, 2.05) is 22.9 Å². The Kier molecular flexibility index (Phi) is 3.28. The van der Waals surface area contributed by atoms with Gasteiger partial charge in [0.05, 0.1) is 6.42 Å². The summed E-state index contributed by atoms with van der Waals surface area (Å²) in [5.74, 6) is -0.0589. The number of hydrogen-bond donors (Lipinski definition) is 1. The second-order valence-corrected chi connectivity index (χ2v) is 5.67. The monoisotopic (exact) mass is 286 g/mol. The molecular formula is C15H14N2O2S. The number of thiophene rings is 1. The number of anilines is 1. The lowest BCUT2D eigenvalue weighted by atomic mass is 10.1. The van der Waals surface area contributed by atoms with Gasteiger partial charge in [-0.25, -0.2) is 0 Å². The van der Waals surface area contributed by atoms with Crippen LogP contribution in [0.25, 0.3) is 0 Å². The predicted octanol–water partition coefficient (Wildman–Crippen LogP) is 2.51. The highest BCUT2D eigenvalue weighted by Crippen LogP contribution is 2.24. The number of carbonyl (C=O) groups excluding carboxylic acids is 2. The summed E-state index contributed by atoms with van der Waals surface area (Å²) in [6.45, 7) is 0.589. The summed E-state index contributed by atoms with van der Waals surface area (Å²) >= 11 is 1.62. The molecule has 4 nitrogen and oxygen atoms in total. The maximum Gasteiger partial charge on any atom is 0.253 e. The van der Waals surface area contributed by atoms with Crippen LogP contribution in [0.3, 0.4) is 0 Å². The van der Waals surface area contributed by atoms with E-state index in [2.05, 4.69) is 5.32 Å². The van der Waals surface area contributed by atoms with Gasteiger partial charge in [0.25, 0.3) is 5.91 Å². The number of nitrogens with one attached hydrogen (secondary N) is 1. The Morgan fingerprint density at radius 2 is 2.25 bits per heavy atom. The summed E-state index contributed by atoms with van der Waals surface area (Å²) in [5, 5.41) is 6.80. The number of amides is 2. The van der Waals surface area contributed by atoms with Crippen LogP contribution in [0.4, 0.5) is 5.69 Å². The number of benzene rings is 1. The number of hydrogen-bond acceptors (Lipinski definition) is 3. The molecule has 0 bridgehead atoms. The molecule has 1 aliphatic heterocycles. The molecular weight excluding hydrogens is 272 g/mol. The maximum atomic E-state index is 12.4. The summed E-state index contributed by atoms with van der Waals surface area (Å²) in [7, 11) is 1.78. The van der Waals surface area contributed by atoms with Crippen molar-refractivity contribution in [3.8, 4) is 0 Å². The van der Waals surface area contributed by atoms with Crippen molar-refractivity contribution in [3.05, 3.63) is 51.7 Å². The Balaban J connectivity index is 1.77. The van der Waals surface area contributed by atoms with E-state index >= 15 is 0 Å². The second-order valence-electron chi connectivity index (χ2n) is 4.89. The molecule has 20 heavy (non-hydrogen) atoms. The minimum absolute atomic E-state index is 0.0174. The molecule has 1 aromatic carbocycles. The summed E-state index contributed by atoms with van der Waals surface area (Å²) in [6.07, 6.45) is 0.397. The zero-order valence-electron chi connectivity index (χ0n) is 11.1. The van der Waals surface area contributed by atoms with Crippen LogP contribution in [-0.2, 0) is 17.8 Å². The van der Waals surface area contributed by atoms with Gasteiger partial charge in [-0.2, -0.15) is 11.3 Å². The molecule has 2 heterocycles. The van der Waals surface area contributed by atoms with Crippen LogP contribution < -0.4 is 5.32 Å². The van der Waals surface area contributed by atoms with Gasteiger partial charge in [0, 0.05) is 24.8 Å². The number of fused-ring (bicyclic) bond motifs is 1. The Bertz CT molecular complexity index is 665. The summed E-state index contributed by atoms with van der Waals surface area (Å²) in [5.41, 5.74) is 3.43. The van der Waals surface area contributed by atoms with Gasteiger partial charge in [-0.3, -0.25) is 9.59 Å². The van der Waals surface area contributed by atoms with Crippen molar-refractivity contribution in [1.29, 1.82) is 0 Å². The van der Waals surface area contributed by atoms with Crippen molar-refractivity contribution in [2.45, 2.75) is 13.0 Å². The van der Waals surface area contributed by atoms with Gasteiger partial charge in [-0.05, 0) is 40.1 Å². The molecule has 0 radical (unpaired) electrons. The first-order valence-corrected chi connectivity index (χ1v) is 7.27. The van der Waals surface area contributed by atoms with Crippen molar-refractivity contribution < 1.29 is 9.59 Å². The molecule has 2 aromatic rings. The highest BCUT2D eigenvalue weighted by atomic mass is 32.1. The Morgan fingerprint density at radius 1 is 1.40 bits per heavy atom. The molecule has 0 saturated carbocycles. The van der Waals surface area contributed by atoms with E-state index < -0.39 is 0 Å². The summed E-state index contributed by atoms with van der Waals surface area (Å²) < 4.78 is 0. The predicted molar refractivity (Wildman–Crippen MR) is 78.9 cm³/mol. The first kappa shape index (κ1) is 12.9. The van der Waals surface area contributed by atoms with Crippen molar-refractivity contribution >= 4 is 28.8 Å². The van der Waals surface area contributed by atoms with Crippen LogP contribution in [0, 0.1) is 0 Å². The Morgan fingerprint density at radius 3 is 3.00 bits per heavy atom. The van der Waals surface area contributed by atoms with E-state index in [1.54, 1.807) is 35.4 Å². The van der Waals surface area contributed by atoms with E-state index in [4.69, 9.17) is 0 Å². The summed E-state index contributed by atoms with van der Waals surface area (Å²) in [6, 6.07) is 7.40. The quantitative estimate of drug-likeness (QED) is 0.942. The average molecular weight is 286 g/mol. The third-order valence-corrected chi connectivity index (χ3v) is 4.06. The third kappa shape index (κ3) is 2.44. The lowest BCUT2D eigenvalue weighted by Gasteiger charge is -2.17. The van der Waals surface area contributed by atoms with Gasteiger partial charge in [0.1, 0.15) is 0 Å². The summed E-state index contributed by atoms with van der Waals surface area (Å²) in [4.78, 5) is 25.4. The fourth-order valence-electron chi connectivity index (χ4n) is 2.30. The van der Waals surface area contributed by atoms with Crippen LogP contribution in [0.5, 0.6) is 0 Å². The van der Waals surface area contributed by atoms with Crippen molar-refractivity contribution in [2.75, 3.05) is 12.4 Å². The third-order valence-electron chi connectivity index (χ3n) is 3.33. The van der Waals surface area contributed by atoms with E-state index in [0.29, 0.717) is 18.5 Å². The van der Waals surface area contributed by atoms with Gasteiger partial charge < -0.3 is 10.2 Å². The molecule has 0 fully saturated rings. The van der Waals surface area contributed by atoms with Gasteiger partial charge in [0.2, 0.25) is 5.91 Å². The second kappa shape index (κ2) is 5.09. The van der Waals surface area contributed by atoms with Gasteiger partial charge in [-0.1, -0.05) is 6.07 Å². The molecule has 5 heteroatoms. The molecule has 0 spiro atoms. The highest BCUT2D eigenvalue weighted by Gasteiger charge is 2.20. The van der Waals surface area contributed by atoms with Crippen LogP contribution >= 0.6 is 11.3 Å². The molecule has 2 amide bonds. The van der Waals surface area contributed by atoms with Crippen LogP contribution in [0.2, 0.25) is 0 Å². The topological polar surface area (TPSA) is 49.4 Å². The standard InChI is InChI=1S/C15H14N2O2S/c1-17(8-10-4-5-20-9-10)15(19)12-3-2-11-7-14(18)16-13(11)6-12/h2-6,9H,7-8H2,1H3,(H,16,18). The van der Waals surface area contributed by atoms with Crippen LogP contribution in [0.15, 0.2) is 35.0 Å². The molecule has 0 aliphatic carbocycles. The number of carbonyl (C=O) groups is 2. The van der Waals surface area contributed by atoms with E-state index in [-0.39, 0.29) is 11.8 Å². The Labute approximate surface area is 121 Å². The average Bonchev–Trinajstić information content (AvgIpc) is 3.04. The Hall–Kier alpha value is -2.14. The van der Waals surface area contributed by atoms with Crippen LogP contribution in [-0.4, -0.2) is 23.8 Å². The van der Waals surface area contributed by atoms with E-state index in [0.717, 1.165) is 16.8 Å². The molecule has 1 N–H and O–H groups in total. The first-order chi connectivity index (χ1) is 9.63. The lowest BCUT2D eigenvalue weighted by Crippen LogP contribution is -2.26. The minimum Gasteiger partial charge on any atom is -0.337 e. The molecule has 1 aliphatic rings. The number of rotatable bonds is 3. The normalized spacial score (nSPS) is 12.9. The molecule has 0 atom stereocenters. The fraction of sp³-hybridized carbons (Fsp3) is 0.200. The fourth-order valence-corrected chi connectivity index (χ4v) is 2.96. The minimum atomic E-state index is -0.0415. The van der Waals surface area contributed by atoms with Crippen molar-refractivity contribution in [1.82, 2.24) is 4.90 Å². The highest BCUT2D eigenvalue weighted by molar-refractivity contribution is 7.07. The maximum absolute atomic E-state index is 12.4. The molecule has 3 rings (SSSR count).